The van der Waals surface area contributed by atoms with Crippen molar-refractivity contribution in [1.29, 1.82) is 0 Å². The van der Waals surface area contributed by atoms with Crippen LogP contribution >= 0.6 is 20.6 Å². The van der Waals surface area contributed by atoms with Crippen molar-refractivity contribution in [2.45, 2.75) is 33.9 Å². The standard InChI is InChI=1S/C16H19N2PS/c1-9-10(2)14(6-5-13(9)8-19)15-7-18-11(3)12(4)20-16(18)17-15/h5-7H,8,19H2,1-4H3. The van der Waals surface area contributed by atoms with E-state index in [1.54, 1.807) is 11.3 Å². The van der Waals surface area contributed by atoms with Gasteiger partial charge in [-0.2, -0.15) is 0 Å². The molecule has 0 aliphatic carbocycles. The summed E-state index contributed by atoms with van der Waals surface area (Å²) in [5.41, 5.74) is 7.73. The number of hydrogen-bond donors (Lipinski definition) is 0. The molecule has 3 rings (SSSR count). The van der Waals surface area contributed by atoms with Crippen LogP contribution in [0.2, 0.25) is 0 Å². The molecular weight excluding hydrogens is 283 g/mol. The van der Waals surface area contributed by atoms with Crippen LogP contribution < -0.4 is 0 Å². The molecule has 0 N–H and O–H groups in total. The van der Waals surface area contributed by atoms with Crippen LogP contribution in [0.1, 0.15) is 27.3 Å². The van der Waals surface area contributed by atoms with Gasteiger partial charge in [-0.25, -0.2) is 4.98 Å². The van der Waals surface area contributed by atoms with Gasteiger partial charge in [-0.05, 0) is 50.5 Å². The SMILES string of the molecule is Cc1sc2nc(-c3ccc(CP)c(C)c3C)cn2c1C. The number of thiazole rings is 1. The lowest BCUT2D eigenvalue weighted by molar-refractivity contribution is 1.11. The molecule has 2 nitrogen and oxygen atoms in total. The second kappa shape index (κ2) is 4.98. The average molecular weight is 302 g/mol. The van der Waals surface area contributed by atoms with Gasteiger partial charge in [0.1, 0.15) is 0 Å². The summed E-state index contributed by atoms with van der Waals surface area (Å²) in [6.45, 7) is 8.70. The molecule has 0 fully saturated rings. The lowest BCUT2D eigenvalue weighted by Gasteiger charge is -2.10. The molecule has 0 bridgehead atoms. The van der Waals surface area contributed by atoms with E-state index in [9.17, 15) is 0 Å². The van der Waals surface area contributed by atoms with Crippen molar-refractivity contribution in [1.82, 2.24) is 9.38 Å². The van der Waals surface area contributed by atoms with Gasteiger partial charge in [-0.15, -0.1) is 20.6 Å². The third-order valence-corrected chi connectivity index (χ3v) is 5.70. The van der Waals surface area contributed by atoms with Gasteiger partial charge in [0.25, 0.3) is 0 Å². The Morgan fingerprint density at radius 1 is 1.15 bits per heavy atom. The van der Waals surface area contributed by atoms with Crippen LogP contribution in [0.3, 0.4) is 0 Å². The van der Waals surface area contributed by atoms with E-state index >= 15 is 0 Å². The quantitative estimate of drug-likeness (QED) is 0.629. The Labute approximate surface area is 126 Å². The molecule has 0 aliphatic rings. The smallest absolute Gasteiger partial charge is 0.194 e. The van der Waals surface area contributed by atoms with Gasteiger partial charge in [0.05, 0.1) is 5.69 Å². The van der Waals surface area contributed by atoms with E-state index in [1.807, 2.05) is 0 Å². The third-order valence-electron chi connectivity index (χ3n) is 4.18. The minimum Gasteiger partial charge on any atom is -0.294 e. The van der Waals surface area contributed by atoms with Gasteiger partial charge in [0.15, 0.2) is 4.96 Å². The highest BCUT2D eigenvalue weighted by Gasteiger charge is 2.13. The number of fused-ring (bicyclic) bond motifs is 1. The van der Waals surface area contributed by atoms with Crippen LogP contribution in [0.4, 0.5) is 0 Å². The highest BCUT2D eigenvalue weighted by molar-refractivity contribution is 7.17. The first-order valence-corrected chi connectivity index (χ1v) is 8.41. The van der Waals surface area contributed by atoms with Crippen LogP contribution in [0.15, 0.2) is 18.3 Å². The van der Waals surface area contributed by atoms with Crippen molar-refractivity contribution in [2.75, 3.05) is 0 Å². The number of hydrogen-bond acceptors (Lipinski definition) is 2. The molecule has 4 heteroatoms. The highest BCUT2D eigenvalue weighted by atomic mass is 32.1. The third kappa shape index (κ3) is 2.01. The zero-order chi connectivity index (χ0) is 14.4. The lowest BCUT2D eigenvalue weighted by atomic mass is 9.97. The van der Waals surface area contributed by atoms with Gasteiger partial charge >= 0.3 is 0 Å². The Kier molecular flexibility index (Phi) is 3.43. The lowest BCUT2D eigenvalue weighted by Crippen LogP contribution is -1.93. The van der Waals surface area contributed by atoms with Crippen molar-refractivity contribution < 1.29 is 0 Å². The first-order valence-electron chi connectivity index (χ1n) is 6.77. The van der Waals surface area contributed by atoms with Crippen molar-refractivity contribution in [2.24, 2.45) is 0 Å². The van der Waals surface area contributed by atoms with Crippen LogP contribution in [0, 0.1) is 27.7 Å². The van der Waals surface area contributed by atoms with Crippen LogP contribution in [-0.2, 0) is 6.16 Å². The van der Waals surface area contributed by atoms with Crippen molar-refractivity contribution in [3.05, 3.63) is 45.6 Å². The molecule has 1 aromatic carbocycles. The van der Waals surface area contributed by atoms with Crippen molar-refractivity contribution in [3.63, 3.8) is 0 Å². The molecule has 2 heterocycles. The molecule has 0 saturated heterocycles. The predicted octanol–water partition coefficient (Wildman–Crippen LogP) is 4.67. The average Bonchev–Trinajstić information content (AvgIpc) is 2.94. The summed E-state index contributed by atoms with van der Waals surface area (Å²) in [6, 6.07) is 4.42. The largest absolute Gasteiger partial charge is 0.294 e. The maximum Gasteiger partial charge on any atom is 0.194 e. The predicted molar refractivity (Wildman–Crippen MR) is 90.9 cm³/mol. The fourth-order valence-electron chi connectivity index (χ4n) is 2.56. The Bertz CT molecular complexity index is 799. The molecule has 0 aliphatic heterocycles. The minimum atomic E-state index is 1.00. The normalized spacial score (nSPS) is 11.4. The highest BCUT2D eigenvalue weighted by Crippen LogP contribution is 2.30. The van der Waals surface area contributed by atoms with Gasteiger partial charge < -0.3 is 0 Å². The fraction of sp³-hybridized carbons (Fsp3) is 0.312. The molecule has 0 saturated carbocycles. The van der Waals surface area contributed by atoms with E-state index in [0.717, 1.165) is 16.8 Å². The molecule has 0 spiro atoms. The minimum absolute atomic E-state index is 1.00. The summed E-state index contributed by atoms with van der Waals surface area (Å²) in [7, 11) is 2.80. The Balaban J connectivity index is 2.18. The van der Waals surface area contributed by atoms with E-state index in [1.165, 1.54) is 32.8 Å². The van der Waals surface area contributed by atoms with Crippen molar-refractivity contribution in [3.8, 4) is 11.3 Å². The van der Waals surface area contributed by atoms with Gasteiger partial charge in [0.2, 0.25) is 0 Å². The number of benzene rings is 1. The number of imidazole rings is 1. The number of nitrogens with zero attached hydrogens (tertiary/aromatic N) is 2. The molecule has 0 radical (unpaired) electrons. The zero-order valence-corrected chi connectivity index (χ0v) is 14.3. The second-order valence-corrected chi connectivity index (χ2v) is 6.84. The summed E-state index contributed by atoms with van der Waals surface area (Å²) in [6.07, 6.45) is 3.17. The zero-order valence-electron chi connectivity index (χ0n) is 12.3. The summed E-state index contributed by atoms with van der Waals surface area (Å²) >= 11 is 1.76. The number of aromatic nitrogens is 2. The van der Waals surface area contributed by atoms with Crippen molar-refractivity contribution >= 4 is 25.5 Å². The number of rotatable bonds is 2. The van der Waals surface area contributed by atoms with E-state index < -0.39 is 0 Å². The molecular formula is C16H19N2PS. The van der Waals surface area contributed by atoms with E-state index in [2.05, 4.69) is 59.7 Å². The summed E-state index contributed by atoms with van der Waals surface area (Å²) in [5.74, 6) is 0. The topological polar surface area (TPSA) is 17.3 Å². The van der Waals surface area contributed by atoms with Gasteiger partial charge in [-0.3, -0.25) is 4.40 Å². The van der Waals surface area contributed by atoms with Gasteiger partial charge in [-0.1, -0.05) is 12.1 Å². The first-order chi connectivity index (χ1) is 9.52. The van der Waals surface area contributed by atoms with E-state index in [0.29, 0.717) is 0 Å². The van der Waals surface area contributed by atoms with Crippen LogP contribution in [0.5, 0.6) is 0 Å². The second-order valence-electron chi connectivity index (χ2n) is 5.25. The molecule has 0 amide bonds. The maximum atomic E-state index is 4.80. The summed E-state index contributed by atoms with van der Waals surface area (Å²) < 4.78 is 2.20. The molecule has 3 aromatic rings. The monoisotopic (exact) mass is 302 g/mol. The summed E-state index contributed by atoms with van der Waals surface area (Å²) in [5, 5.41) is 0. The van der Waals surface area contributed by atoms with Gasteiger partial charge in [0, 0.05) is 22.3 Å². The fourth-order valence-corrected chi connectivity index (χ4v) is 3.96. The Morgan fingerprint density at radius 2 is 1.90 bits per heavy atom. The maximum absolute atomic E-state index is 4.80. The first kappa shape index (κ1) is 13.8. The number of aryl methyl sites for hydroxylation is 2. The molecule has 2 aromatic heterocycles. The summed E-state index contributed by atoms with van der Waals surface area (Å²) in [4.78, 5) is 7.22. The van der Waals surface area contributed by atoms with Crippen LogP contribution in [-0.4, -0.2) is 9.38 Å². The Morgan fingerprint density at radius 3 is 2.55 bits per heavy atom. The van der Waals surface area contributed by atoms with Crippen LogP contribution in [0.25, 0.3) is 16.2 Å². The molecule has 104 valence electrons. The van der Waals surface area contributed by atoms with E-state index in [4.69, 9.17) is 4.98 Å². The Hall–Kier alpha value is -1.18. The molecule has 1 unspecified atom stereocenters. The molecule has 20 heavy (non-hydrogen) atoms. The van der Waals surface area contributed by atoms with E-state index in [-0.39, 0.29) is 0 Å². The molecule has 1 atom stereocenters.